The zero-order chi connectivity index (χ0) is 7.82. The molecule has 0 aromatic rings. The van der Waals surface area contributed by atoms with Crippen molar-refractivity contribution in [3.05, 3.63) is 0 Å². The molecule has 1 nitrogen and oxygen atoms in total. The fraction of sp³-hybridized carbons (Fsp3) is 0.333. The second-order valence-corrected chi connectivity index (χ2v) is 1.76. The van der Waals surface area contributed by atoms with E-state index in [-0.39, 0.29) is 12.4 Å². The van der Waals surface area contributed by atoms with E-state index in [1.165, 1.54) is 0 Å². The van der Waals surface area contributed by atoms with Gasteiger partial charge in [0, 0.05) is 0 Å². The van der Waals surface area contributed by atoms with Gasteiger partial charge >= 0.3 is 0 Å². The summed E-state index contributed by atoms with van der Waals surface area (Å²) in [5.74, 6) is 7.42. The molecule has 0 unspecified atom stereocenters. The molecule has 0 saturated heterocycles. The number of nitrogens with zero attached hydrogens (tertiary/aromatic N) is 1. The van der Waals surface area contributed by atoms with Gasteiger partial charge in [0.1, 0.15) is 0 Å². The summed E-state index contributed by atoms with van der Waals surface area (Å²) in [7, 11) is 0. The van der Waals surface area contributed by atoms with Crippen LogP contribution in [0.4, 0.5) is 0 Å². The highest BCUT2D eigenvalue weighted by atomic mass is 35.5. The first-order chi connectivity index (χ1) is 4.85. The highest BCUT2D eigenvalue weighted by Crippen LogP contribution is 1.82. The van der Waals surface area contributed by atoms with Crippen molar-refractivity contribution in [1.29, 1.82) is 0 Å². The van der Waals surface area contributed by atoms with Crippen LogP contribution in [0.25, 0.3) is 0 Å². The van der Waals surface area contributed by atoms with Crippen molar-refractivity contribution in [2.45, 2.75) is 0 Å². The number of halogens is 1. The predicted molar refractivity (Wildman–Crippen MR) is 50.2 cm³/mol. The molecule has 0 spiro atoms. The van der Waals surface area contributed by atoms with E-state index < -0.39 is 0 Å². The Labute approximate surface area is 74.6 Å². The SMILES string of the molecule is C#CCN(CC#C)CC#C.Cl. The molecule has 0 atom stereocenters. The van der Waals surface area contributed by atoms with Gasteiger partial charge in [-0.3, -0.25) is 4.90 Å². The summed E-state index contributed by atoms with van der Waals surface area (Å²) in [6.07, 6.45) is 15.2. The van der Waals surface area contributed by atoms with Gasteiger partial charge < -0.3 is 0 Å². The first kappa shape index (κ1) is 12.6. The summed E-state index contributed by atoms with van der Waals surface area (Å²) in [6.45, 7) is 1.57. The van der Waals surface area contributed by atoms with Crippen LogP contribution in [0.3, 0.4) is 0 Å². The highest BCUT2D eigenvalue weighted by Gasteiger charge is 1.95. The maximum atomic E-state index is 5.06. The topological polar surface area (TPSA) is 3.24 Å². The van der Waals surface area contributed by atoms with Gasteiger partial charge in [-0.1, -0.05) is 17.8 Å². The Morgan fingerprint density at radius 1 is 0.818 bits per heavy atom. The molecule has 0 fully saturated rings. The summed E-state index contributed by atoms with van der Waals surface area (Å²) in [5.41, 5.74) is 0. The van der Waals surface area contributed by atoms with Crippen molar-refractivity contribution >= 4 is 12.4 Å². The predicted octanol–water partition coefficient (Wildman–Crippen LogP) is 0.610. The van der Waals surface area contributed by atoms with Crippen molar-refractivity contribution in [3.63, 3.8) is 0 Å². The first-order valence-corrected chi connectivity index (χ1v) is 2.88. The van der Waals surface area contributed by atoms with Crippen LogP contribution in [0.2, 0.25) is 0 Å². The van der Waals surface area contributed by atoms with Crippen molar-refractivity contribution in [1.82, 2.24) is 4.90 Å². The zero-order valence-electron chi connectivity index (χ0n) is 6.21. The lowest BCUT2D eigenvalue weighted by molar-refractivity contribution is 0.390. The van der Waals surface area contributed by atoms with E-state index in [0.29, 0.717) is 19.6 Å². The van der Waals surface area contributed by atoms with Crippen molar-refractivity contribution in [3.8, 4) is 37.0 Å². The average Bonchev–Trinajstić information content (AvgIpc) is 1.90. The molecule has 0 saturated carbocycles. The molecular formula is C9H10ClN. The van der Waals surface area contributed by atoms with Crippen LogP contribution in [-0.2, 0) is 0 Å². The van der Waals surface area contributed by atoms with Gasteiger partial charge in [0.2, 0.25) is 0 Å². The fourth-order valence-corrected chi connectivity index (χ4v) is 0.555. The van der Waals surface area contributed by atoms with E-state index in [1.54, 1.807) is 0 Å². The van der Waals surface area contributed by atoms with Gasteiger partial charge in [-0.25, -0.2) is 0 Å². The molecule has 0 radical (unpaired) electrons. The maximum Gasteiger partial charge on any atom is 0.0616 e. The summed E-state index contributed by atoms with van der Waals surface area (Å²) in [4.78, 5) is 1.83. The molecule has 0 bridgehead atoms. The third-order valence-electron chi connectivity index (χ3n) is 0.945. The minimum Gasteiger partial charge on any atom is -0.270 e. The maximum absolute atomic E-state index is 5.06. The molecule has 0 rings (SSSR count). The van der Waals surface area contributed by atoms with Gasteiger partial charge in [-0.05, 0) is 0 Å². The van der Waals surface area contributed by atoms with Gasteiger partial charge in [-0.2, -0.15) is 0 Å². The molecule has 0 aromatic heterocycles. The van der Waals surface area contributed by atoms with Crippen LogP contribution in [0.15, 0.2) is 0 Å². The molecular weight excluding hydrogens is 158 g/mol. The number of hydrogen-bond acceptors (Lipinski definition) is 1. The minimum atomic E-state index is 0. The van der Waals surface area contributed by atoms with Gasteiger partial charge in [0.05, 0.1) is 19.6 Å². The Hall–Kier alpha value is -1.07. The van der Waals surface area contributed by atoms with Crippen molar-refractivity contribution in [2.24, 2.45) is 0 Å². The molecule has 0 aliphatic heterocycles. The lowest BCUT2D eigenvalue weighted by Gasteiger charge is -2.11. The summed E-state index contributed by atoms with van der Waals surface area (Å²) < 4.78 is 0. The summed E-state index contributed by atoms with van der Waals surface area (Å²) in [6, 6.07) is 0. The molecule has 11 heavy (non-hydrogen) atoms. The lowest BCUT2D eigenvalue weighted by atomic mass is 10.4. The Morgan fingerprint density at radius 3 is 1.27 bits per heavy atom. The quantitative estimate of drug-likeness (QED) is 0.557. The molecule has 0 amide bonds. The van der Waals surface area contributed by atoms with Crippen LogP contribution in [-0.4, -0.2) is 24.5 Å². The summed E-state index contributed by atoms with van der Waals surface area (Å²) in [5, 5.41) is 0. The molecule has 0 aliphatic rings. The second kappa shape index (κ2) is 8.93. The van der Waals surface area contributed by atoms with Gasteiger partial charge in [0.25, 0.3) is 0 Å². The highest BCUT2D eigenvalue weighted by molar-refractivity contribution is 5.85. The molecule has 58 valence electrons. The normalized spacial score (nSPS) is 7.09. The van der Waals surface area contributed by atoms with Crippen LogP contribution < -0.4 is 0 Å². The first-order valence-electron chi connectivity index (χ1n) is 2.88. The third kappa shape index (κ3) is 6.82. The molecule has 0 heterocycles. The Morgan fingerprint density at radius 2 is 1.09 bits per heavy atom. The smallest absolute Gasteiger partial charge is 0.0616 e. The van der Waals surface area contributed by atoms with Crippen LogP contribution in [0, 0.1) is 37.0 Å². The van der Waals surface area contributed by atoms with E-state index in [0.717, 1.165) is 0 Å². The zero-order valence-corrected chi connectivity index (χ0v) is 7.03. The number of hydrogen-bond donors (Lipinski definition) is 0. The molecule has 2 heteroatoms. The number of rotatable bonds is 3. The van der Waals surface area contributed by atoms with Crippen LogP contribution in [0.5, 0.6) is 0 Å². The Kier molecular flexibility index (Phi) is 10.2. The second-order valence-electron chi connectivity index (χ2n) is 1.76. The standard InChI is InChI=1S/C9H9N.ClH/c1-4-7-10(8-5-2)9-6-3;/h1-3H,7-9H2;1H. The average molecular weight is 168 g/mol. The number of terminal acetylenes is 3. The Bertz CT molecular complexity index is 163. The van der Waals surface area contributed by atoms with Crippen molar-refractivity contribution < 1.29 is 0 Å². The monoisotopic (exact) mass is 167 g/mol. The third-order valence-corrected chi connectivity index (χ3v) is 0.945. The van der Waals surface area contributed by atoms with E-state index in [1.807, 2.05) is 4.90 Å². The van der Waals surface area contributed by atoms with Crippen molar-refractivity contribution in [2.75, 3.05) is 19.6 Å². The van der Waals surface area contributed by atoms with Crippen LogP contribution in [0.1, 0.15) is 0 Å². The van der Waals surface area contributed by atoms with E-state index >= 15 is 0 Å². The molecule has 0 N–H and O–H groups in total. The fourth-order valence-electron chi connectivity index (χ4n) is 0.555. The molecule has 0 aromatic carbocycles. The summed E-state index contributed by atoms with van der Waals surface area (Å²) >= 11 is 0. The minimum absolute atomic E-state index is 0. The largest absolute Gasteiger partial charge is 0.270 e. The van der Waals surface area contributed by atoms with Gasteiger partial charge in [0.15, 0.2) is 0 Å². The van der Waals surface area contributed by atoms with E-state index in [9.17, 15) is 0 Å². The van der Waals surface area contributed by atoms with E-state index in [2.05, 4.69) is 17.8 Å². The van der Waals surface area contributed by atoms with Gasteiger partial charge in [-0.15, -0.1) is 31.7 Å². The van der Waals surface area contributed by atoms with E-state index in [4.69, 9.17) is 19.3 Å². The molecule has 0 aliphatic carbocycles. The van der Waals surface area contributed by atoms with Crippen LogP contribution >= 0.6 is 12.4 Å². The Balaban J connectivity index is 0. The lowest BCUT2D eigenvalue weighted by Crippen LogP contribution is -2.24.